The number of nitrogens with one attached hydrogen (secondary N) is 1. The predicted octanol–water partition coefficient (Wildman–Crippen LogP) is 1.37. The maximum absolute atomic E-state index is 12.6. The van der Waals surface area contributed by atoms with E-state index in [2.05, 4.69) is 4.98 Å². The molecule has 0 atom stereocenters. The van der Waals surface area contributed by atoms with Crippen molar-refractivity contribution in [3.8, 4) is 0 Å². The summed E-state index contributed by atoms with van der Waals surface area (Å²) in [6.07, 6.45) is 1.37. The first-order valence-electron chi connectivity index (χ1n) is 7.51. The van der Waals surface area contributed by atoms with Gasteiger partial charge >= 0.3 is 0 Å². The number of rotatable bonds is 5. The van der Waals surface area contributed by atoms with Crippen LogP contribution in [-0.2, 0) is 21.3 Å². The third-order valence-corrected chi connectivity index (χ3v) is 6.45. The molecule has 2 aromatic heterocycles. The van der Waals surface area contributed by atoms with E-state index in [0.29, 0.717) is 32.8 Å². The van der Waals surface area contributed by atoms with Gasteiger partial charge in [-0.25, -0.2) is 8.42 Å². The molecule has 24 heavy (non-hydrogen) atoms. The van der Waals surface area contributed by atoms with Gasteiger partial charge in [0.1, 0.15) is 10.6 Å². The Morgan fingerprint density at radius 3 is 2.83 bits per heavy atom. The molecule has 0 spiro atoms. The Bertz CT molecular complexity index is 793. The fourth-order valence-electron chi connectivity index (χ4n) is 2.52. The number of amides is 1. The van der Waals surface area contributed by atoms with Crippen LogP contribution in [0, 0.1) is 0 Å². The van der Waals surface area contributed by atoms with Crippen molar-refractivity contribution in [3.05, 3.63) is 40.3 Å². The lowest BCUT2D eigenvalue weighted by atomic mass is 10.3. The van der Waals surface area contributed by atoms with E-state index in [9.17, 15) is 13.2 Å². The largest absolute Gasteiger partial charge is 0.379 e. The summed E-state index contributed by atoms with van der Waals surface area (Å²) in [5, 5.41) is 3.93. The van der Waals surface area contributed by atoms with Crippen LogP contribution in [0.3, 0.4) is 0 Å². The second-order valence-corrected chi connectivity index (χ2v) is 8.28. The van der Waals surface area contributed by atoms with Gasteiger partial charge in [0.25, 0.3) is 5.91 Å². The van der Waals surface area contributed by atoms with E-state index in [-0.39, 0.29) is 16.5 Å². The molecule has 0 radical (unpaired) electrons. The van der Waals surface area contributed by atoms with E-state index in [1.165, 1.54) is 16.6 Å². The minimum Gasteiger partial charge on any atom is -0.379 e. The second kappa shape index (κ2) is 7.06. The topological polar surface area (TPSA) is 82.7 Å². The van der Waals surface area contributed by atoms with Crippen LogP contribution in [0.2, 0.25) is 0 Å². The van der Waals surface area contributed by atoms with Gasteiger partial charge < -0.3 is 14.6 Å². The van der Waals surface area contributed by atoms with Crippen LogP contribution >= 0.6 is 11.3 Å². The second-order valence-electron chi connectivity index (χ2n) is 5.56. The van der Waals surface area contributed by atoms with Crippen molar-refractivity contribution in [2.75, 3.05) is 33.4 Å². The Kier molecular flexibility index (Phi) is 5.04. The molecule has 1 aliphatic heterocycles. The zero-order chi connectivity index (χ0) is 17.2. The van der Waals surface area contributed by atoms with Crippen LogP contribution in [-0.4, -0.2) is 61.9 Å². The van der Waals surface area contributed by atoms with Gasteiger partial charge in [-0.15, -0.1) is 0 Å². The summed E-state index contributed by atoms with van der Waals surface area (Å²) in [6, 6.07) is 3.36. The van der Waals surface area contributed by atoms with Crippen molar-refractivity contribution in [1.29, 1.82) is 0 Å². The first-order chi connectivity index (χ1) is 11.5. The lowest BCUT2D eigenvalue weighted by molar-refractivity contribution is 0.0730. The summed E-state index contributed by atoms with van der Waals surface area (Å²) in [7, 11) is -1.91. The number of ether oxygens (including phenoxy) is 1. The van der Waals surface area contributed by atoms with Gasteiger partial charge in [-0.1, -0.05) is 0 Å². The molecule has 0 saturated carbocycles. The minimum absolute atomic E-state index is 0.108. The Morgan fingerprint density at radius 2 is 2.17 bits per heavy atom. The van der Waals surface area contributed by atoms with Crippen molar-refractivity contribution in [2.45, 2.75) is 11.4 Å². The molecule has 3 heterocycles. The molecule has 1 N–H and O–H groups in total. The van der Waals surface area contributed by atoms with Gasteiger partial charge in [0.2, 0.25) is 10.0 Å². The maximum atomic E-state index is 12.6. The van der Waals surface area contributed by atoms with E-state index in [4.69, 9.17) is 4.74 Å². The molecule has 9 heteroatoms. The lowest BCUT2D eigenvalue weighted by Crippen LogP contribution is -2.40. The summed E-state index contributed by atoms with van der Waals surface area (Å²) in [5.74, 6) is -0.246. The number of hydrogen-bond acceptors (Lipinski definition) is 5. The standard InChI is InChI=1S/C15H19N3O4S2/c1-17(10-12-2-7-23-11-12)15(19)14-8-13(9-16-14)24(20,21)18-3-5-22-6-4-18/h2,7-9,11,16H,3-6,10H2,1H3. The van der Waals surface area contributed by atoms with Crippen molar-refractivity contribution in [3.63, 3.8) is 0 Å². The summed E-state index contributed by atoms with van der Waals surface area (Å²) >= 11 is 1.57. The average Bonchev–Trinajstić information content (AvgIpc) is 3.26. The van der Waals surface area contributed by atoms with E-state index in [1.807, 2.05) is 16.8 Å². The predicted molar refractivity (Wildman–Crippen MR) is 90.5 cm³/mol. The quantitative estimate of drug-likeness (QED) is 0.863. The van der Waals surface area contributed by atoms with Crippen LogP contribution in [0.5, 0.6) is 0 Å². The normalized spacial score (nSPS) is 16.2. The smallest absolute Gasteiger partial charge is 0.270 e. The number of sulfonamides is 1. The van der Waals surface area contributed by atoms with E-state index in [0.717, 1.165) is 5.56 Å². The third-order valence-electron chi connectivity index (χ3n) is 3.84. The Morgan fingerprint density at radius 1 is 1.42 bits per heavy atom. The van der Waals surface area contributed by atoms with Gasteiger partial charge in [-0.3, -0.25) is 4.79 Å². The first kappa shape index (κ1) is 17.2. The average molecular weight is 369 g/mol. The van der Waals surface area contributed by atoms with Crippen LogP contribution < -0.4 is 0 Å². The van der Waals surface area contributed by atoms with E-state index in [1.54, 1.807) is 23.3 Å². The maximum Gasteiger partial charge on any atom is 0.270 e. The van der Waals surface area contributed by atoms with Crippen molar-refractivity contribution in [1.82, 2.24) is 14.2 Å². The molecule has 0 unspecified atom stereocenters. The highest BCUT2D eigenvalue weighted by molar-refractivity contribution is 7.89. The number of nitrogens with zero attached hydrogens (tertiary/aromatic N) is 2. The number of carbonyl (C=O) groups excluding carboxylic acids is 1. The highest BCUT2D eigenvalue weighted by Crippen LogP contribution is 2.19. The Labute approximate surface area is 144 Å². The zero-order valence-electron chi connectivity index (χ0n) is 13.3. The summed E-state index contributed by atoms with van der Waals surface area (Å²) in [5.41, 5.74) is 1.31. The molecule has 0 bridgehead atoms. The number of aromatic nitrogens is 1. The highest BCUT2D eigenvalue weighted by Gasteiger charge is 2.28. The monoisotopic (exact) mass is 369 g/mol. The molecule has 2 aromatic rings. The molecule has 7 nitrogen and oxygen atoms in total. The number of carbonyl (C=O) groups is 1. The number of aromatic amines is 1. The van der Waals surface area contributed by atoms with Crippen molar-refractivity contribution in [2.24, 2.45) is 0 Å². The molecule has 0 aromatic carbocycles. The molecule has 130 valence electrons. The van der Waals surface area contributed by atoms with Gasteiger partial charge in [0.05, 0.1) is 13.2 Å². The lowest BCUT2D eigenvalue weighted by Gasteiger charge is -2.25. The van der Waals surface area contributed by atoms with Gasteiger partial charge in [0, 0.05) is 32.9 Å². The van der Waals surface area contributed by atoms with Crippen LogP contribution in [0.4, 0.5) is 0 Å². The highest BCUT2D eigenvalue weighted by atomic mass is 32.2. The Hall–Kier alpha value is -1.68. The fourth-order valence-corrected chi connectivity index (χ4v) is 4.58. The van der Waals surface area contributed by atoms with Crippen LogP contribution in [0.15, 0.2) is 34.0 Å². The van der Waals surface area contributed by atoms with Crippen molar-refractivity contribution < 1.29 is 17.9 Å². The molecule has 0 aliphatic carbocycles. The Balaban J connectivity index is 1.73. The molecule has 1 fully saturated rings. The first-order valence-corrected chi connectivity index (χ1v) is 9.89. The molecular formula is C15H19N3O4S2. The number of thiophene rings is 1. The van der Waals surface area contributed by atoms with E-state index >= 15 is 0 Å². The summed E-state index contributed by atoms with van der Waals surface area (Å²) in [6.45, 7) is 1.91. The summed E-state index contributed by atoms with van der Waals surface area (Å²) < 4.78 is 31.7. The number of morpholine rings is 1. The zero-order valence-corrected chi connectivity index (χ0v) is 14.9. The van der Waals surface area contributed by atoms with Gasteiger partial charge in [0.15, 0.2) is 0 Å². The van der Waals surface area contributed by atoms with E-state index < -0.39 is 10.0 Å². The van der Waals surface area contributed by atoms with Gasteiger partial charge in [-0.2, -0.15) is 15.6 Å². The minimum atomic E-state index is -3.60. The molecular weight excluding hydrogens is 350 g/mol. The molecule has 1 aliphatic rings. The van der Waals surface area contributed by atoms with Crippen molar-refractivity contribution >= 4 is 27.3 Å². The van der Waals surface area contributed by atoms with Gasteiger partial charge in [-0.05, 0) is 28.5 Å². The summed E-state index contributed by atoms with van der Waals surface area (Å²) in [4.78, 5) is 16.9. The fraction of sp³-hybridized carbons (Fsp3) is 0.400. The van der Waals surface area contributed by atoms with Crippen LogP contribution in [0.1, 0.15) is 16.1 Å². The molecule has 3 rings (SSSR count). The molecule has 1 amide bonds. The third kappa shape index (κ3) is 3.54. The molecule has 1 saturated heterocycles. The number of H-pyrrole nitrogens is 1. The number of hydrogen-bond donors (Lipinski definition) is 1. The van der Waals surface area contributed by atoms with Crippen LogP contribution in [0.25, 0.3) is 0 Å². The SMILES string of the molecule is CN(Cc1ccsc1)C(=O)c1cc(S(=O)(=O)N2CCOCC2)c[nH]1.